The van der Waals surface area contributed by atoms with Crippen molar-refractivity contribution < 1.29 is 0 Å². The normalized spacial score (nSPS) is 12.8. The molecule has 4 aromatic heterocycles. The summed E-state index contributed by atoms with van der Waals surface area (Å²) in [5.74, 6) is 1.46. The van der Waals surface area contributed by atoms with Gasteiger partial charge in [0.2, 0.25) is 11.9 Å². The van der Waals surface area contributed by atoms with E-state index in [9.17, 15) is 5.26 Å². The number of benzene rings is 8. The largest absolute Gasteiger partial charge is 0.308 e. The van der Waals surface area contributed by atoms with Crippen molar-refractivity contribution in [3.8, 4) is 46.2 Å². The molecule has 0 N–H and O–H groups in total. The number of nitriles is 1. The lowest BCUT2D eigenvalue weighted by molar-refractivity contribution is 0.590. The summed E-state index contributed by atoms with van der Waals surface area (Å²) in [5, 5.41) is 18.1. The van der Waals surface area contributed by atoms with E-state index in [0.717, 1.165) is 71.1 Å². The molecule has 0 fully saturated rings. The smallest absolute Gasteiger partial charge is 0.240 e. The van der Waals surface area contributed by atoms with Gasteiger partial charge in [-0.05, 0) is 172 Å². The number of para-hydroxylation sites is 1. The van der Waals surface area contributed by atoms with E-state index in [2.05, 4.69) is 263 Å². The van der Waals surface area contributed by atoms with Gasteiger partial charge in [0.05, 0.1) is 44.4 Å². The number of hydrogen-bond donors (Lipinski definition) is 0. The van der Waals surface area contributed by atoms with Crippen molar-refractivity contribution in [3.05, 3.63) is 190 Å². The molecule has 12 aromatic rings. The predicted octanol–water partition coefficient (Wildman–Crippen LogP) is 18.5. The molecule has 0 aliphatic heterocycles. The number of nitrogens with zero attached hydrogens (tertiary/aromatic N) is 7. The summed E-state index contributed by atoms with van der Waals surface area (Å²) >= 11 is 0. The van der Waals surface area contributed by atoms with Gasteiger partial charge in [-0.3, -0.25) is 9.13 Å². The van der Waals surface area contributed by atoms with E-state index in [4.69, 9.17) is 15.0 Å². The lowest BCUT2D eigenvalue weighted by Crippen LogP contribution is -2.12. The molecule has 78 heavy (non-hydrogen) atoms. The number of rotatable bonds is 5. The summed E-state index contributed by atoms with van der Waals surface area (Å²) < 4.78 is 6.67. The first-order chi connectivity index (χ1) is 36.9. The number of aryl methyl sites for hydroxylation is 3. The zero-order valence-corrected chi connectivity index (χ0v) is 48.0. The summed E-state index contributed by atoms with van der Waals surface area (Å²) in [4.78, 5) is 16.6. The molecule has 0 saturated heterocycles. The molecule has 7 heteroatoms. The molecule has 388 valence electrons. The highest BCUT2D eigenvalue weighted by molar-refractivity contribution is 6.12. The van der Waals surface area contributed by atoms with Crippen molar-refractivity contribution in [2.24, 2.45) is 0 Å². The molecular formula is C71H69N7. The Hall–Kier alpha value is -8.34. The lowest BCUT2D eigenvalue weighted by atomic mass is 9.85. The summed E-state index contributed by atoms with van der Waals surface area (Å²) in [6.07, 6.45) is 0. The molecule has 8 aromatic carbocycles. The number of hydrogen-bond acceptors (Lipinski definition) is 4. The molecule has 0 bridgehead atoms. The minimum atomic E-state index is -0.0690. The molecule has 0 aliphatic carbocycles. The van der Waals surface area contributed by atoms with Crippen LogP contribution in [0, 0.1) is 32.1 Å². The fourth-order valence-electron chi connectivity index (χ4n) is 12.0. The van der Waals surface area contributed by atoms with Gasteiger partial charge in [0.25, 0.3) is 0 Å². The first kappa shape index (κ1) is 50.5. The fourth-order valence-corrected chi connectivity index (χ4v) is 12.0. The molecule has 0 radical (unpaired) electrons. The minimum absolute atomic E-state index is 0.0690. The zero-order valence-electron chi connectivity index (χ0n) is 48.0. The number of aromatic nitrogens is 6. The highest BCUT2D eigenvalue weighted by Crippen LogP contribution is 2.42. The Balaban J connectivity index is 1.13. The molecule has 0 aliphatic rings. The van der Waals surface area contributed by atoms with Crippen LogP contribution in [0.1, 0.15) is 128 Å². The first-order valence-electron chi connectivity index (χ1n) is 27.5. The third-order valence-corrected chi connectivity index (χ3v) is 16.3. The van der Waals surface area contributed by atoms with Crippen LogP contribution >= 0.6 is 0 Å². The van der Waals surface area contributed by atoms with Crippen LogP contribution in [0.3, 0.4) is 0 Å². The van der Waals surface area contributed by atoms with Gasteiger partial charge in [-0.25, -0.2) is 0 Å². The van der Waals surface area contributed by atoms with Crippen molar-refractivity contribution in [1.29, 1.82) is 5.26 Å². The van der Waals surface area contributed by atoms with E-state index in [0.29, 0.717) is 28.8 Å². The molecule has 0 spiro atoms. The summed E-state index contributed by atoms with van der Waals surface area (Å²) in [7, 11) is 0. The minimum Gasteiger partial charge on any atom is -0.308 e. The van der Waals surface area contributed by atoms with Crippen molar-refractivity contribution in [2.45, 2.75) is 126 Å². The van der Waals surface area contributed by atoms with E-state index >= 15 is 0 Å². The standard InChI is InChI=1S/C71H69N7/c1-41-32-42(2)64(43(3)33-41)44-20-27-59-52(35-44)51-18-16-17-19-58(51)76(59)57-26-21-45(34-46(57)40-72)65-73-66(77-60-28-22-47(68(4,5)6)36-53(60)54-37-48(69(7,8)9)23-29-61(54)77)75-67(74-65)78-62-30-24-49(70(10,11)12)38-55(62)56-39-50(71(13,14)15)25-31-63(56)78/h16-39H,1-15H3. The quantitative estimate of drug-likeness (QED) is 0.172. The second kappa shape index (κ2) is 17.6. The van der Waals surface area contributed by atoms with Crippen molar-refractivity contribution >= 4 is 65.4 Å². The first-order valence-corrected chi connectivity index (χ1v) is 27.5. The Labute approximate surface area is 458 Å². The van der Waals surface area contributed by atoms with Crippen LogP contribution in [0.5, 0.6) is 0 Å². The van der Waals surface area contributed by atoms with E-state index in [1.165, 1.54) is 50.1 Å². The SMILES string of the molecule is Cc1cc(C)c(-c2ccc3c(c2)c2ccccc2n3-c2ccc(-c3nc(-n4c5ccc(C(C)(C)C)cc5c5cc(C(C)(C)C)ccc54)nc(-n4c5ccc(C(C)(C)C)cc5c5cc(C(C)(C)C)ccc54)n3)cc2C#N)c(C)c1. The van der Waals surface area contributed by atoms with Gasteiger partial charge in [0, 0.05) is 37.9 Å². The topological polar surface area (TPSA) is 77.2 Å². The number of fused-ring (bicyclic) bond motifs is 9. The van der Waals surface area contributed by atoms with E-state index in [1.807, 2.05) is 6.07 Å². The van der Waals surface area contributed by atoms with Crippen molar-refractivity contribution in [3.63, 3.8) is 0 Å². The van der Waals surface area contributed by atoms with Crippen LogP contribution in [-0.4, -0.2) is 28.7 Å². The highest BCUT2D eigenvalue weighted by Gasteiger charge is 2.27. The molecule has 0 atom stereocenters. The van der Waals surface area contributed by atoms with E-state index < -0.39 is 0 Å². The van der Waals surface area contributed by atoms with Crippen LogP contribution in [0.25, 0.3) is 106 Å². The summed E-state index contributed by atoms with van der Waals surface area (Å²) in [6.45, 7) is 33.8. The van der Waals surface area contributed by atoms with Gasteiger partial charge in [-0.1, -0.05) is 149 Å². The maximum atomic E-state index is 11.3. The van der Waals surface area contributed by atoms with Crippen LogP contribution < -0.4 is 0 Å². The van der Waals surface area contributed by atoms with Gasteiger partial charge in [-0.15, -0.1) is 0 Å². The Morgan fingerprint density at radius 2 is 0.756 bits per heavy atom. The Morgan fingerprint density at radius 1 is 0.372 bits per heavy atom. The second-order valence-electron chi connectivity index (χ2n) is 26.1. The molecule has 0 unspecified atom stereocenters. The Morgan fingerprint density at radius 3 is 1.19 bits per heavy atom. The molecule has 4 heterocycles. The molecule has 12 rings (SSSR count). The summed E-state index contributed by atoms with van der Waals surface area (Å²) in [6, 6.07) is 55.9. The van der Waals surface area contributed by atoms with Gasteiger partial charge >= 0.3 is 0 Å². The van der Waals surface area contributed by atoms with Crippen molar-refractivity contribution in [1.82, 2.24) is 28.7 Å². The monoisotopic (exact) mass is 1020 g/mol. The highest BCUT2D eigenvalue weighted by atomic mass is 15.3. The molecule has 0 amide bonds. The van der Waals surface area contributed by atoms with Gasteiger partial charge in [0.15, 0.2) is 5.82 Å². The maximum absolute atomic E-state index is 11.3. The van der Waals surface area contributed by atoms with Crippen LogP contribution in [0.4, 0.5) is 0 Å². The van der Waals surface area contributed by atoms with E-state index in [-0.39, 0.29) is 21.7 Å². The van der Waals surface area contributed by atoms with Crippen LogP contribution in [0.2, 0.25) is 0 Å². The third kappa shape index (κ3) is 8.27. The maximum Gasteiger partial charge on any atom is 0.240 e. The Bertz CT molecular complexity index is 4180. The second-order valence-corrected chi connectivity index (χ2v) is 26.1. The average molecular weight is 1020 g/mol. The molecule has 0 saturated carbocycles. The summed E-state index contributed by atoms with van der Waals surface area (Å²) in [5.41, 5.74) is 19.1. The van der Waals surface area contributed by atoms with Crippen LogP contribution in [0.15, 0.2) is 146 Å². The lowest BCUT2D eigenvalue weighted by Gasteiger charge is -2.19. The predicted molar refractivity (Wildman–Crippen MR) is 327 cm³/mol. The van der Waals surface area contributed by atoms with Crippen molar-refractivity contribution in [2.75, 3.05) is 0 Å². The fraction of sp³-hybridized carbons (Fsp3) is 0.268. The Kier molecular flexibility index (Phi) is 11.4. The molecular weight excluding hydrogens is 951 g/mol. The van der Waals surface area contributed by atoms with E-state index in [1.54, 1.807) is 0 Å². The van der Waals surface area contributed by atoms with Crippen LogP contribution in [-0.2, 0) is 21.7 Å². The van der Waals surface area contributed by atoms with Gasteiger partial charge in [0.1, 0.15) is 6.07 Å². The van der Waals surface area contributed by atoms with Gasteiger partial charge < -0.3 is 4.57 Å². The third-order valence-electron chi connectivity index (χ3n) is 16.3. The zero-order chi connectivity index (χ0) is 55.1. The molecule has 7 nitrogen and oxygen atoms in total. The van der Waals surface area contributed by atoms with Gasteiger partial charge in [-0.2, -0.15) is 20.2 Å². The average Bonchev–Trinajstić information content (AvgIpc) is 4.24.